The van der Waals surface area contributed by atoms with Gasteiger partial charge in [-0.1, -0.05) is 27.2 Å². The van der Waals surface area contributed by atoms with E-state index in [0.717, 1.165) is 28.7 Å². The predicted octanol–water partition coefficient (Wildman–Crippen LogP) is 6.33. The van der Waals surface area contributed by atoms with Gasteiger partial charge in [-0.3, -0.25) is 64.8 Å². The molecule has 3 amide bonds. The Balaban J connectivity index is 0.000000296. The van der Waals surface area contributed by atoms with E-state index in [1.54, 1.807) is 37.3 Å². The normalized spacial score (nSPS) is 12.2. The van der Waals surface area contributed by atoms with Crippen molar-refractivity contribution >= 4 is 141 Å². The Morgan fingerprint density at radius 2 is 0.752 bits per heavy atom. The van der Waals surface area contributed by atoms with E-state index in [-0.39, 0.29) is 99.7 Å². The summed E-state index contributed by atoms with van der Waals surface area (Å²) in [5.41, 5.74) is 23.0. The Labute approximate surface area is 714 Å². The van der Waals surface area contributed by atoms with Crippen LogP contribution in [0.3, 0.4) is 0 Å². The van der Waals surface area contributed by atoms with Gasteiger partial charge in [-0.05, 0) is 159 Å². The van der Waals surface area contributed by atoms with Crippen LogP contribution in [0.4, 0.5) is 4.39 Å². The Morgan fingerprint density at radius 1 is 0.400 bits per heavy atom. The average molecular weight is 1770 g/mol. The first-order valence-corrected chi connectivity index (χ1v) is 38.4. The zero-order chi connectivity index (χ0) is 93.2. The summed E-state index contributed by atoms with van der Waals surface area (Å²) in [4.78, 5) is 187. The van der Waals surface area contributed by atoms with E-state index in [9.17, 15) is 81.1 Å². The summed E-state index contributed by atoms with van der Waals surface area (Å²) in [6.07, 6.45) is -2.17. The number of furan rings is 2. The largest absolute Gasteiger partial charge is 0.481 e. The second kappa shape index (κ2) is 48.0. The van der Waals surface area contributed by atoms with Gasteiger partial charge >= 0.3 is 71.6 Å². The average Bonchev–Trinajstić information content (AvgIpc) is 1.82. The zero-order valence-electron chi connectivity index (χ0n) is 66.2. The molecular weight excluding hydrogens is 1690 g/mol. The van der Waals surface area contributed by atoms with Gasteiger partial charge in [-0.25, -0.2) is 38.0 Å². The molecule has 0 saturated carbocycles. The molecule has 4 aromatic carbocycles. The van der Waals surface area contributed by atoms with Crippen LogP contribution in [-0.2, 0) is 83.2 Å². The lowest BCUT2D eigenvalue weighted by atomic mass is 9.97. The van der Waals surface area contributed by atoms with Gasteiger partial charge in [0.1, 0.15) is 85.8 Å². The van der Waals surface area contributed by atoms with E-state index in [4.69, 9.17) is 113 Å². The molecule has 4 heterocycles. The quantitative estimate of drug-likeness (QED) is 0.00859. The number of carboxylic acid groups (broad SMARTS) is 8. The first-order chi connectivity index (χ1) is 58.8. The van der Waals surface area contributed by atoms with Crippen LogP contribution in [0.15, 0.2) is 148 Å². The summed E-state index contributed by atoms with van der Waals surface area (Å²) >= 11 is 2.14. The highest BCUT2D eigenvalue weighted by Crippen LogP contribution is 2.28. The molecule has 4 aromatic heterocycles. The lowest BCUT2D eigenvalue weighted by Gasteiger charge is -2.18. The minimum atomic E-state index is -1.55. The van der Waals surface area contributed by atoms with Gasteiger partial charge in [0.25, 0.3) is 0 Å². The van der Waals surface area contributed by atoms with Gasteiger partial charge in [-0.15, -0.1) is 22.7 Å². The van der Waals surface area contributed by atoms with Gasteiger partial charge < -0.3 is 108 Å². The molecular formula is C81H84FN11O30S2. The van der Waals surface area contributed by atoms with Crippen molar-refractivity contribution in [1.82, 2.24) is 16.0 Å². The summed E-state index contributed by atoms with van der Waals surface area (Å²) in [5.74, 6) is -20.8. The topological polar surface area (TPSA) is 734 Å². The molecule has 8 aromatic rings. The first kappa shape index (κ1) is 99.9. The molecule has 662 valence electrons. The first-order valence-electron chi connectivity index (χ1n) is 36.7. The number of nitrogens with one attached hydrogen (secondary N) is 7. The van der Waals surface area contributed by atoms with Crippen LogP contribution in [0.2, 0.25) is 0 Å². The number of aliphatic carboxylic acids is 8. The molecule has 0 aliphatic rings. The molecule has 0 aliphatic carbocycles. The Kier molecular flexibility index (Phi) is 38.4. The van der Waals surface area contributed by atoms with E-state index >= 15 is 0 Å². The second-order valence-corrected chi connectivity index (χ2v) is 29.3. The number of benzene rings is 4. The highest BCUT2D eigenvalue weighted by molar-refractivity contribution is 7.14. The van der Waals surface area contributed by atoms with Gasteiger partial charge in [0.2, 0.25) is 29.2 Å². The number of amidine groups is 4. The Bertz CT molecular complexity index is 5350. The third kappa shape index (κ3) is 33.8. The van der Waals surface area contributed by atoms with Crippen LogP contribution in [0.25, 0.3) is 0 Å². The summed E-state index contributed by atoms with van der Waals surface area (Å²) in [7, 11) is 0. The van der Waals surface area contributed by atoms with Gasteiger partial charge in [0.05, 0.1) is 38.0 Å². The summed E-state index contributed by atoms with van der Waals surface area (Å²) in [6.45, 7) is 4.94. The number of carbonyl (C=O) groups is 16. The smallest absolute Gasteiger partial charge is 0.379 e. The van der Waals surface area contributed by atoms with Crippen LogP contribution in [0, 0.1) is 51.1 Å². The maximum atomic E-state index is 14.0. The van der Waals surface area contributed by atoms with Crippen LogP contribution in [0.5, 0.6) is 23.0 Å². The highest BCUT2D eigenvalue weighted by Gasteiger charge is 2.32. The lowest BCUT2D eigenvalue weighted by molar-refractivity contribution is -0.149. The monoisotopic (exact) mass is 1770 g/mol. The third-order valence-corrected chi connectivity index (χ3v) is 19.2. The number of amides is 3. The number of thiophene rings is 2. The second-order valence-electron chi connectivity index (χ2n) is 26.9. The van der Waals surface area contributed by atoms with E-state index in [1.807, 2.05) is 6.92 Å². The number of nitrogens with two attached hydrogens (primary N) is 4. The Hall–Kier alpha value is -15.6. The molecule has 41 nitrogen and oxygen atoms in total. The molecule has 3 unspecified atom stereocenters. The fourth-order valence-electron chi connectivity index (χ4n) is 10.6. The minimum absolute atomic E-state index is 0.0830. The minimum Gasteiger partial charge on any atom is -0.481 e. The SMILES string of the molecule is CC(Cc1ccc(C(=O)Oc2ccc(C(=N)N)cc2)s1)C(=O)N[C@@H](CC(=O)O)C(=O)O.CC(Cc1ccc(C(=O)Oc2ccc(C(=N)N)cc2F)s1)C(=O)N[C@@H](CC(=O)O)C(=O)O.CCCC(Cc1ccc(C(=O)Oc2ccc(C(=N)N)cc2)o1)C(=O)N[C@H](CC(=O)O)C(=O)O.N=C(N)c1ccc(OC(=O)c2ccc(CC(=O)C[C@@H](CC(=O)O)C(=O)O)o2)cc1. The molecule has 0 spiro atoms. The van der Waals surface area contributed by atoms with Crippen molar-refractivity contribution in [3.63, 3.8) is 0 Å². The fraction of sp³-hybridized carbons (Fsp3) is 0.259. The molecule has 0 fully saturated rings. The van der Waals surface area contributed by atoms with E-state index in [1.165, 1.54) is 110 Å². The van der Waals surface area contributed by atoms with Crippen LogP contribution in [0.1, 0.15) is 150 Å². The number of Topliss-reactive ketones (excluding diaryl/α,β-unsaturated/α-hetero) is 1. The number of hydrogen-bond acceptors (Lipinski definition) is 28. The van der Waals surface area contributed by atoms with Crippen molar-refractivity contribution in [2.45, 2.75) is 110 Å². The van der Waals surface area contributed by atoms with Crippen molar-refractivity contribution < 1.29 is 150 Å². The number of nitrogen functional groups attached to an aromatic ring is 4. The van der Waals surface area contributed by atoms with Crippen LogP contribution < -0.4 is 57.8 Å². The maximum absolute atomic E-state index is 14.0. The third-order valence-electron chi connectivity index (χ3n) is 17.0. The van der Waals surface area contributed by atoms with E-state index < -0.39 is 175 Å². The van der Waals surface area contributed by atoms with Gasteiger partial charge in [0.15, 0.2) is 11.6 Å². The molecule has 125 heavy (non-hydrogen) atoms. The molecule has 23 N–H and O–H groups in total. The fourth-order valence-corrected chi connectivity index (χ4v) is 12.6. The van der Waals surface area contributed by atoms with Gasteiger partial charge in [-0.2, -0.15) is 0 Å². The van der Waals surface area contributed by atoms with Crippen molar-refractivity contribution in [2.75, 3.05) is 0 Å². The highest BCUT2D eigenvalue weighted by atomic mass is 32.1. The molecule has 7 atom stereocenters. The van der Waals surface area contributed by atoms with Crippen molar-refractivity contribution in [3.05, 3.63) is 210 Å². The van der Waals surface area contributed by atoms with Gasteiger partial charge in [0, 0.05) is 62.6 Å². The molecule has 0 radical (unpaired) electrons. The lowest BCUT2D eigenvalue weighted by Crippen LogP contribution is -2.45. The molecule has 0 saturated heterocycles. The van der Waals surface area contributed by atoms with Crippen LogP contribution in [-0.4, -0.2) is 177 Å². The molecule has 44 heteroatoms. The number of carbonyl (C=O) groups excluding carboxylic acids is 8. The summed E-state index contributed by atoms with van der Waals surface area (Å²) in [5, 5.41) is 107. The number of ketones is 1. The summed E-state index contributed by atoms with van der Waals surface area (Å²) < 4.78 is 45.5. The molecule has 0 bridgehead atoms. The number of esters is 4. The number of ether oxygens (including phenoxy) is 4. The maximum Gasteiger partial charge on any atom is 0.379 e. The van der Waals surface area contributed by atoms with Crippen molar-refractivity contribution in [1.29, 1.82) is 21.6 Å². The van der Waals surface area contributed by atoms with E-state index in [2.05, 4.69) is 16.0 Å². The molecule has 0 aliphatic heterocycles. The van der Waals surface area contributed by atoms with Crippen LogP contribution >= 0.6 is 22.7 Å². The van der Waals surface area contributed by atoms with Crippen molar-refractivity contribution in [2.24, 2.45) is 46.6 Å². The zero-order valence-corrected chi connectivity index (χ0v) is 67.8. The van der Waals surface area contributed by atoms with Crippen molar-refractivity contribution in [3.8, 4) is 23.0 Å². The number of halogens is 1. The standard InChI is InChI=1S/C22H25N3O8.C20H20FN3O7S.C20H21N3O7S.C19H18N2O8/c1-2-3-13(20(28)25-16(21(29)30)11-18(26)27)10-15-8-9-17(32-15)22(31)33-14-6-4-12(5-7-14)19(23)24;1-9(18(27)24-13(19(28)29)8-16(25)26)6-11-3-5-15(32-11)20(30)31-14-4-2-10(17(22)23)7-12(14)21;1-10(18(26)23-14(19(27)28)9-16(24)25)8-13-6-7-15(31-13)20(29)30-12-4-2-11(3-5-12)17(21)22;20-17(21)10-1-3-13(4-2-10)29-19(27)15-6-5-14(28-15)9-12(22)7-11(18(25)26)8-16(23)24/h4-9,13,16H,2-3,10-11H2,1H3,(H3,23,24)(H,25,28)(H,26,27)(H,29,30);2-5,7,9,13H,6,8H2,1H3,(H3,22,23)(H,24,27)(H,25,26)(H,28,29);2-7,10,14H,8-9H2,1H3,(H3,21,22)(H,23,26)(H,24,25)(H,27,28);1-6,11H,7-9H2,(H3,20,21)(H,23,24)(H,25,26)/t13?,16-;9?,13-;10?,14-;11-/m1000/s1. The predicted molar refractivity (Wildman–Crippen MR) is 436 cm³/mol. The number of carboxylic acids is 8. The number of hydrogen-bond donors (Lipinski definition) is 19. The Morgan fingerprint density at radius 3 is 1.10 bits per heavy atom. The summed E-state index contributed by atoms with van der Waals surface area (Å²) in [6, 6.07) is 28.8. The number of rotatable bonds is 42. The van der Waals surface area contributed by atoms with E-state index in [0.29, 0.717) is 49.9 Å². The molecule has 8 rings (SSSR count).